The number of Topliss-reactive ketones (excluding diaryl/α,β-unsaturated/α-hetero) is 1. The van der Waals surface area contributed by atoms with Gasteiger partial charge in [-0.05, 0) is 48.6 Å². The molecule has 7 nitrogen and oxygen atoms in total. The molecule has 1 fully saturated rings. The Labute approximate surface area is 179 Å². The number of methoxy groups -OCH3 is 1. The van der Waals surface area contributed by atoms with Crippen molar-refractivity contribution in [1.29, 1.82) is 0 Å². The summed E-state index contributed by atoms with van der Waals surface area (Å²) < 4.78 is 17.9. The number of aromatic nitrogens is 1. The number of fused-ring (bicyclic) bond motifs is 1. The van der Waals surface area contributed by atoms with Crippen molar-refractivity contribution in [3.63, 3.8) is 0 Å². The number of hydrogen-bond acceptors (Lipinski definition) is 6. The molecule has 0 radical (unpaired) electrons. The van der Waals surface area contributed by atoms with Gasteiger partial charge in [0, 0.05) is 36.2 Å². The van der Waals surface area contributed by atoms with Gasteiger partial charge in [-0.2, -0.15) is 0 Å². The molecule has 1 aromatic heterocycles. The lowest BCUT2D eigenvalue weighted by atomic mass is 9.67. The van der Waals surface area contributed by atoms with Gasteiger partial charge in [-0.25, -0.2) is 9.18 Å². The first kappa shape index (κ1) is 21.1. The lowest BCUT2D eigenvalue weighted by Gasteiger charge is -2.43. The molecule has 1 aromatic carbocycles. The molecule has 0 bridgehead atoms. The summed E-state index contributed by atoms with van der Waals surface area (Å²) in [5.74, 6) is -0.368. The molecule has 2 aliphatic rings. The molecule has 162 valence electrons. The lowest BCUT2D eigenvalue weighted by molar-refractivity contribution is -0.122. The normalized spacial score (nSPS) is 17.2. The third-order valence-electron chi connectivity index (χ3n) is 6.07. The molecule has 1 amide bonds. The quantitative estimate of drug-likeness (QED) is 0.741. The molecule has 1 atom stereocenters. The Morgan fingerprint density at radius 2 is 2.03 bits per heavy atom. The van der Waals surface area contributed by atoms with Gasteiger partial charge in [0.1, 0.15) is 17.4 Å². The smallest absolute Gasteiger partial charge is 0.412 e. The molecule has 2 aromatic rings. The third kappa shape index (κ3) is 4.49. The Balaban J connectivity index is 1.45. The SMILES string of the molecule is COC(=O)NC1=NCc2cc(CC(=O)C[C@@H](c3ccc(F)cc3)C3(O)CCC3)ncc21. The number of rotatable bonds is 6. The van der Waals surface area contributed by atoms with E-state index in [9.17, 15) is 19.1 Å². The van der Waals surface area contributed by atoms with E-state index in [1.165, 1.54) is 19.2 Å². The van der Waals surface area contributed by atoms with Crippen LogP contribution in [0.4, 0.5) is 9.18 Å². The van der Waals surface area contributed by atoms with Crippen LogP contribution in [0.2, 0.25) is 0 Å². The van der Waals surface area contributed by atoms with Crippen molar-refractivity contribution in [2.45, 2.75) is 50.2 Å². The van der Waals surface area contributed by atoms with E-state index in [0.29, 0.717) is 36.5 Å². The molecule has 1 saturated carbocycles. The topological polar surface area (TPSA) is 101 Å². The van der Waals surface area contributed by atoms with Gasteiger partial charge in [0.05, 0.1) is 19.3 Å². The summed E-state index contributed by atoms with van der Waals surface area (Å²) >= 11 is 0. The average Bonchev–Trinajstić information content (AvgIpc) is 3.13. The number of carbonyl (C=O) groups excluding carboxylic acids is 2. The fourth-order valence-electron chi connectivity index (χ4n) is 4.19. The number of amidine groups is 1. The van der Waals surface area contributed by atoms with Crippen molar-refractivity contribution in [3.05, 3.63) is 64.7 Å². The molecular formula is C23H24FN3O4. The summed E-state index contributed by atoms with van der Waals surface area (Å²) in [6.45, 7) is 0.385. The number of aliphatic hydroxyl groups is 1. The predicted molar refractivity (Wildman–Crippen MR) is 111 cm³/mol. The lowest BCUT2D eigenvalue weighted by Crippen LogP contribution is -2.44. The minimum absolute atomic E-state index is 0.0473. The van der Waals surface area contributed by atoms with Crippen molar-refractivity contribution in [2.75, 3.05) is 7.11 Å². The number of ether oxygens (including phenoxy) is 1. The number of pyridine rings is 1. The van der Waals surface area contributed by atoms with Crippen LogP contribution in [0.25, 0.3) is 0 Å². The second-order valence-electron chi connectivity index (χ2n) is 8.10. The first-order chi connectivity index (χ1) is 14.9. The number of hydrogen-bond donors (Lipinski definition) is 2. The van der Waals surface area contributed by atoms with Crippen LogP contribution in [0.5, 0.6) is 0 Å². The fraction of sp³-hybridized carbons (Fsp3) is 0.391. The molecule has 0 unspecified atom stereocenters. The second-order valence-corrected chi connectivity index (χ2v) is 8.10. The molecule has 4 rings (SSSR count). The van der Waals surface area contributed by atoms with E-state index in [0.717, 1.165) is 17.5 Å². The Kier molecular flexibility index (Phi) is 5.82. The molecule has 0 spiro atoms. The van der Waals surface area contributed by atoms with Gasteiger partial charge in [-0.3, -0.25) is 20.1 Å². The zero-order valence-corrected chi connectivity index (χ0v) is 17.2. The largest absolute Gasteiger partial charge is 0.453 e. The number of nitrogens with zero attached hydrogens (tertiary/aromatic N) is 2. The summed E-state index contributed by atoms with van der Waals surface area (Å²) in [4.78, 5) is 32.9. The minimum atomic E-state index is -0.929. The Morgan fingerprint density at radius 3 is 2.68 bits per heavy atom. The van der Waals surface area contributed by atoms with Crippen molar-refractivity contribution in [2.24, 2.45) is 4.99 Å². The van der Waals surface area contributed by atoms with Gasteiger partial charge in [-0.1, -0.05) is 12.1 Å². The molecule has 31 heavy (non-hydrogen) atoms. The zero-order chi connectivity index (χ0) is 22.0. The number of carbonyl (C=O) groups is 2. The van der Waals surface area contributed by atoms with Crippen LogP contribution in [-0.4, -0.2) is 40.5 Å². The summed E-state index contributed by atoms with van der Waals surface area (Å²) in [5.41, 5.74) is 2.02. The monoisotopic (exact) mass is 425 g/mol. The third-order valence-corrected chi connectivity index (χ3v) is 6.07. The van der Waals surface area contributed by atoms with Crippen LogP contribution in [-0.2, 0) is 22.5 Å². The number of alkyl carbamates (subject to hydrolysis) is 1. The van der Waals surface area contributed by atoms with Gasteiger partial charge in [-0.15, -0.1) is 0 Å². The fourth-order valence-corrected chi connectivity index (χ4v) is 4.19. The first-order valence-corrected chi connectivity index (χ1v) is 10.2. The highest BCUT2D eigenvalue weighted by Gasteiger charge is 2.43. The number of nitrogens with one attached hydrogen (secondary N) is 1. The number of benzene rings is 1. The number of amides is 1. The molecule has 2 heterocycles. The van der Waals surface area contributed by atoms with Crippen molar-refractivity contribution in [1.82, 2.24) is 10.3 Å². The maximum Gasteiger partial charge on any atom is 0.412 e. The van der Waals surface area contributed by atoms with Crippen LogP contribution >= 0.6 is 0 Å². The molecule has 8 heteroatoms. The molecule has 1 aliphatic heterocycles. The molecule has 0 saturated heterocycles. The Hall–Kier alpha value is -3.13. The molecule has 1 aliphatic carbocycles. The number of ketones is 1. The van der Waals surface area contributed by atoms with Crippen LogP contribution in [0.3, 0.4) is 0 Å². The van der Waals surface area contributed by atoms with E-state index in [-0.39, 0.29) is 30.4 Å². The maximum absolute atomic E-state index is 13.3. The van der Waals surface area contributed by atoms with Crippen molar-refractivity contribution >= 4 is 17.7 Å². The minimum Gasteiger partial charge on any atom is -0.453 e. The summed E-state index contributed by atoms with van der Waals surface area (Å²) in [6, 6.07) is 7.82. The van der Waals surface area contributed by atoms with Crippen LogP contribution < -0.4 is 5.32 Å². The highest BCUT2D eigenvalue weighted by molar-refractivity contribution is 6.08. The molecular weight excluding hydrogens is 401 g/mol. The first-order valence-electron chi connectivity index (χ1n) is 10.2. The van der Waals surface area contributed by atoms with E-state index in [2.05, 4.69) is 20.0 Å². The van der Waals surface area contributed by atoms with Crippen LogP contribution in [0.1, 0.15) is 54.0 Å². The summed E-state index contributed by atoms with van der Waals surface area (Å²) in [6.07, 6.45) is 3.45. The summed E-state index contributed by atoms with van der Waals surface area (Å²) in [5, 5.41) is 13.5. The van der Waals surface area contributed by atoms with Gasteiger partial charge >= 0.3 is 6.09 Å². The van der Waals surface area contributed by atoms with Crippen LogP contribution in [0, 0.1) is 5.82 Å². The zero-order valence-electron chi connectivity index (χ0n) is 17.2. The Bertz CT molecular complexity index is 1030. The van der Waals surface area contributed by atoms with Gasteiger partial charge in [0.15, 0.2) is 0 Å². The number of halogens is 1. The van der Waals surface area contributed by atoms with Crippen molar-refractivity contribution < 1.29 is 23.8 Å². The highest BCUT2D eigenvalue weighted by atomic mass is 19.1. The average molecular weight is 425 g/mol. The van der Waals surface area contributed by atoms with E-state index in [1.807, 2.05) is 6.07 Å². The second kappa shape index (κ2) is 8.55. The van der Waals surface area contributed by atoms with Gasteiger partial charge < -0.3 is 9.84 Å². The maximum atomic E-state index is 13.3. The number of aliphatic imine (C=N–C) groups is 1. The standard InChI is InChI=1S/C23H24FN3O4/c1-31-22(29)27-21-19-13-25-17(9-15(19)12-26-21)10-18(28)11-20(23(30)7-2-8-23)14-3-5-16(24)6-4-14/h3-6,9,13,20,30H,2,7-8,10-12H2,1H3,(H,26,27,29)/t20-/m0/s1. The van der Waals surface area contributed by atoms with Crippen LogP contribution in [0.15, 0.2) is 41.5 Å². The van der Waals surface area contributed by atoms with E-state index in [1.54, 1.807) is 18.3 Å². The van der Waals surface area contributed by atoms with Crippen molar-refractivity contribution in [3.8, 4) is 0 Å². The predicted octanol–water partition coefficient (Wildman–Crippen LogP) is 3.04. The summed E-state index contributed by atoms with van der Waals surface area (Å²) in [7, 11) is 1.28. The van der Waals surface area contributed by atoms with Gasteiger partial charge in [0.25, 0.3) is 0 Å². The Morgan fingerprint density at radius 1 is 1.29 bits per heavy atom. The molecule has 2 N–H and O–H groups in total. The van der Waals surface area contributed by atoms with Gasteiger partial charge in [0.2, 0.25) is 0 Å². The van der Waals surface area contributed by atoms with E-state index < -0.39 is 11.7 Å². The highest BCUT2D eigenvalue weighted by Crippen LogP contribution is 2.45. The van der Waals surface area contributed by atoms with E-state index >= 15 is 0 Å². The van der Waals surface area contributed by atoms with E-state index in [4.69, 9.17) is 0 Å².